The quantitative estimate of drug-likeness (QED) is 0.328. The van der Waals surface area contributed by atoms with Gasteiger partial charge in [-0.2, -0.15) is 5.26 Å². The van der Waals surface area contributed by atoms with E-state index in [4.69, 9.17) is 4.42 Å². The summed E-state index contributed by atoms with van der Waals surface area (Å²) in [6.07, 6.45) is 2.93. The van der Waals surface area contributed by atoms with Crippen LogP contribution in [0.5, 0.6) is 0 Å². The van der Waals surface area contributed by atoms with E-state index in [9.17, 15) is 19.6 Å². The summed E-state index contributed by atoms with van der Waals surface area (Å²) in [5.74, 6) is -0.673. The second-order valence-electron chi connectivity index (χ2n) is 6.45. The van der Waals surface area contributed by atoms with Crippen molar-refractivity contribution in [3.8, 4) is 17.4 Å². The van der Waals surface area contributed by atoms with Gasteiger partial charge in [-0.1, -0.05) is 18.2 Å². The van der Waals surface area contributed by atoms with Crippen molar-refractivity contribution in [2.24, 2.45) is 0 Å². The van der Waals surface area contributed by atoms with E-state index in [0.29, 0.717) is 22.7 Å². The molecule has 2 heterocycles. The fourth-order valence-electron chi connectivity index (χ4n) is 3.04. The van der Waals surface area contributed by atoms with Crippen molar-refractivity contribution >= 4 is 23.9 Å². The maximum atomic E-state index is 12.8. The molecule has 1 aromatic heterocycles. The van der Waals surface area contributed by atoms with E-state index in [1.54, 1.807) is 43.3 Å². The van der Waals surface area contributed by atoms with Crippen molar-refractivity contribution in [2.45, 2.75) is 6.92 Å². The van der Waals surface area contributed by atoms with Crippen LogP contribution < -0.4 is 0 Å². The van der Waals surface area contributed by atoms with Crippen LogP contribution in [0.15, 0.2) is 70.2 Å². The summed E-state index contributed by atoms with van der Waals surface area (Å²) in [5.41, 5.74) is 1.56. The first kappa shape index (κ1) is 20.6. The third-order valence-electron chi connectivity index (χ3n) is 4.64. The Morgan fingerprint density at radius 1 is 1.20 bits per heavy atom. The van der Waals surface area contributed by atoms with E-state index >= 15 is 0 Å². The molecule has 0 bridgehead atoms. The van der Waals surface area contributed by atoms with Gasteiger partial charge in [0.25, 0.3) is 11.8 Å². The lowest BCUT2D eigenvalue weighted by Gasteiger charge is -2.26. The van der Waals surface area contributed by atoms with Crippen LogP contribution in [0.1, 0.15) is 23.0 Å². The molecule has 7 heteroatoms. The van der Waals surface area contributed by atoms with Crippen LogP contribution in [0, 0.1) is 11.3 Å². The number of carbonyl (C=O) groups is 3. The second-order valence-corrected chi connectivity index (χ2v) is 6.45. The van der Waals surface area contributed by atoms with Gasteiger partial charge in [-0.05, 0) is 42.8 Å². The monoisotopic (exact) mass is 402 g/mol. The van der Waals surface area contributed by atoms with Crippen molar-refractivity contribution in [3.05, 3.63) is 77.1 Å². The number of furan rings is 1. The Hall–Kier alpha value is -4.18. The Labute approximate surface area is 173 Å². The number of hydrogen-bond acceptors (Lipinski definition) is 6. The molecule has 2 aromatic rings. The van der Waals surface area contributed by atoms with Crippen LogP contribution >= 0.6 is 0 Å². The van der Waals surface area contributed by atoms with E-state index < -0.39 is 17.8 Å². The number of nitriles is 1. The molecule has 1 aromatic carbocycles. The third-order valence-corrected chi connectivity index (χ3v) is 4.64. The molecule has 1 aliphatic rings. The van der Waals surface area contributed by atoms with Crippen molar-refractivity contribution < 1.29 is 23.5 Å². The smallest absolute Gasteiger partial charge is 0.337 e. The van der Waals surface area contributed by atoms with Crippen molar-refractivity contribution in [1.82, 2.24) is 4.90 Å². The summed E-state index contributed by atoms with van der Waals surface area (Å²) in [5, 5.41) is 9.34. The zero-order valence-corrected chi connectivity index (χ0v) is 16.5. The summed E-state index contributed by atoms with van der Waals surface area (Å²) in [7, 11) is 1.31. The number of methoxy groups -OCH3 is 1. The maximum absolute atomic E-state index is 12.8. The zero-order valence-electron chi connectivity index (χ0n) is 16.5. The lowest BCUT2D eigenvalue weighted by atomic mass is 9.94. The molecular weight excluding hydrogens is 384 g/mol. The molecule has 2 amide bonds. The van der Waals surface area contributed by atoms with E-state index in [1.165, 1.54) is 19.3 Å². The molecule has 0 radical (unpaired) electrons. The van der Waals surface area contributed by atoms with Crippen LogP contribution in [0.2, 0.25) is 0 Å². The fraction of sp³-hybridized carbons (Fsp3) is 0.130. The number of amides is 2. The van der Waals surface area contributed by atoms with Gasteiger partial charge in [0.15, 0.2) is 0 Å². The Morgan fingerprint density at radius 3 is 2.50 bits per heavy atom. The van der Waals surface area contributed by atoms with E-state index in [0.717, 1.165) is 10.5 Å². The number of ether oxygens (including phenoxy) is 1. The highest BCUT2D eigenvalue weighted by Crippen LogP contribution is 2.29. The topological polar surface area (TPSA) is 101 Å². The van der Waals surface area contributed by atoms with Gasteiger partial charge in [0.05, 0.1) is 12.7 Å². The van der Waals surface area contributed by atoms with E-state index in [-0.39, 0.29) is 17.7 Å². The molecule has 0 spiro atoms. The normalized spacial score (nSPS) is 15.4. The van der Waals surface area contributed by atoms with Crippen LogP contribution in [0.3, 0.4) is 0 Å². The number of rotatable bonds is 5. The van der Waals surface area contributed by atoms with E-state index in [1.807, 2.05) is 6.07 Å². The first-order valence-electron chi connectivity index (χ1n) is 9.00. The lowest BCUT2D eigenvalue weighted by molar-refractivity contribution is -0.139. The van der Waals surface area contributed by atoms with Gasteiger partial charge in [-0.15, -0.1) is 6.58 Å². The molecular formula is C23H18N2O5. The molecule has 30 heavy (non-hydrogen) atoms. The molecule has 0 saturated heterocycles. The molecule has 150 valence electrons. The van der Waals surface area contributed by atoms with Crippen LogP contribution in [-0.4, -0.2) is 36.3 Å². The Balaban J connectivity index is 1.96. The van der Waals surface area contributed by atoms with Gasteiger partial charge < -0.3 is 9.15 Å². The molecule has 0 aliphatic carbocycles. The van der Waals surface area contributed by atoms with Gasteiger partial charge in [0.1, 0.15) is 23.2 Å². The fourth-order valence-corrected chi connectivity index (χ4v) is 3.04. The van der Waals surface area contributed by atoms with Crippen molar-refractivity contribution in [3.63, 3.8) is 0 Å². The summed E-state index contributed by atoms with van der Waals surface area (Å²) in [6.45, 7) is 5.11. The number of nitrogens with zero attached hydrogens (tertiary/aromatic N) is 2. The highest BCUT2D eigenvalue weighted by molar-refractivity contribution is 6.19. The third kappa shape index (κ3) is 3.71. The predicted octanol–water partition coefficient (Wildman–Crippen LogP) is 3.51. The molecule has 0 unspecified atom stereocenters. The zero-order chi connectivity index (χ0) is 21.8. The largest absolute Gasteiger partial charge is 0.465 e. The number of benzene rings is 1. The predicted molar refractivity (Wildman–Crippen MR) is 109 cm³/mol. The minimum atomic E-state index is -0.636. The van der Waals surface area contributed by atoms with Gasteiger partial charge >= 0.3 is 5.97 Å². The van der Waals surface area contributed by atoms with E-state index in [2.05, 4.69) is 11.3 Å². The van der Waals surface area contributed by atoms with Crippen LogP contribution in [0.25, 0.3) is 17.4 Å². The molecule has 0 N–H and O–H groups in total. The Kier molecular flexibility index (Phi) is 5.79. The van der Waals surface area contributed by atoms with Crippen LogP contribution in [0.4, 0.5) is 0 Å². The number of imide groups is 1. The average Bonchev–Trinajstić information content (AvgIpc) is 3.23. The number of carbonyl (C=O) groups excluding carboxylic acids is 3. The van der Waals surface area contributed by atoms with Crippen molar-refractivity contribution in [2.75, 3.05) is 13.7 Å². The lowest BCUT2D eigenvalue weighted by Crippen LogP contribution is -2.42. The van der Waals surface area contributed by atoms with Crippen LogP contribution in [-0.2, 0) is 14.3 Å². The second kappa shape index (κ2) is 8.45. The molecule has 0 fully saturated rings. The maximum Gasteiger partial charge on any atom is 0.337 e. The first-order valence-corrected chi connectivity index (χ1v) is 9.00. The van der Waals surface area contributed by atoms with Gasteiger partial charge in [0.2, 0.25) is 0 Å². The van der Waals surface area contributed by atoms with Gasteiger partial charge in [-0.25, -0.2) is 4.79 Å². The first-order chi connectivity index (χ1) is 14.4. The average molecular weight is 402 g/mol. The molecule has 1 aliphatic heterocycles. The summed E-state index contributed by atoms with van der Waals surface area (Å²) in [4.78, 5) is 37.6. The molecule has 3 rings (SSSR count). The molecule has 7 nitrogen and oxygen atoms in total. The number of esters is 1. The highest BCUT2D eigenvalue weighted by Gasteiger charge is 2.34. The molecule has 0 atom stereocenters. The summed E-state index contributed by atoms with van der Waals surface area (Å²) in [6, 6.07) is 12.0. The van der Waals surface area contributed by atoms with Gasteiger partial charge in [0, 0.05) is 17.7 Å². The Bertz CT molecular complexity index is 1140. The SMILES string of the molecule is C=CCN1C(=O)C(C#N)=C(C)/C(=C/c2ccc(-c3ccc(C(=O)OC)cc3)o2)C1=O. The highest BCUT2D eigenvalue weighted by atomic mass is 16.5. The minimum absolute atomic E-state index is 0.00339. The van der Waals surface area contributed by atoms with Gasteiger partial charge in [-0.3, -0.25) is 14.5 Å². The standard InChI is InChI=1S/C23H18N2O5/c1-4-11-25-21(26)18(14(2)19(13-24)22(25)27)12-17-9-10-20(30-17)15-5-7-16(8-6-15)23(28)29-3/h4-10,12H,1,11H2,2-3H3/b18-12-. The summed E-state index contributed by atoms with van der Waals surface area (Å²) >= 11 is 0. The Morgan fingerprint density at radius 2 is 1.90 bits per heavy atom. The summed E-state index contributed by atoms with van der Waals surface area (Å²) < 4.78 is 10.5. The minimum Gasteiger partial charge on any atom is -0.465 e. The number of hydrogen-bond donors (Lipinski definition) is 0. The van der Waals surface area contributed by atoms with Crippen molar-refractivity contribution in [1.29, 1.82) is 5.26 Å². The molecule has 0 saturated carbocycles.